The summed E-state index contributed by atoms with van der Waals surface area (Å²) in [7, 11) is 1.72. The van der Waals surface area contributed by atoms with Crippen LogP contribution in [0.2, 0.25) is 0 Å². The van der Waals surface area contributed by atoms with Gasteiger partial charge in [0, 0.05) is 19.7 Å². The topological polar surface area (TPSA) is 51.4 Å². The van der Waals surface area contributed by atoms with Crippen LogP contribution in [0.25, 0.3) is 11.1 Å². The molecule has 2 rings (SSSR count). The molecule has 0 spiro atoms. The third-order valence-corrected chi connectivity index (χ3v) is 4.08. The normalized spacial score (nSPS) is 11.0. The zero-order valence-electron chi connectivity index (χ0n) is 12.2. The molecule has 4 nitrogen and oxygen atoms in total. The summed E-state index contributed by atoms with van der Waals surface area (Å²) >= 11 is 1.45. The molecule has 1 heterocycles. The highest BCUT2D eigenvalue weighted by atomic mass is 32.1. The summed E-state index contributed by atoms with van der Waals surface area (Å²) in [4.78, 5) is 2.29. The van der Waals surface area contributed by atoms with E-state index in [1.165, 1.54) is 11.5 Å². The van der Waals surface area contributed by atoms with Crippen molar-refractivity contribution in [1.29, 1.82) is 0 Å². The number of benzene rings is 1. The lowest BCUT2D eigenvalue weighted by Gasteiger charge is -2.28. The van der Waals surface area contributed by atoms with Crippen molar-refractivity contribution in [2.45, 2.75) is 19.9 Å². The van der Waals surface area contributed by atoms with Crippen molar-refractivity contribution in [3.63, 3.8) is 0 Å². The molecule has 0 radical (unpaired) electrons. The van der Waals surface area contributed by atoms with Gasteiger partial charge in [-0.2, -0.15) is 4.37 Å². The molecule has 0 aliphatic rings. The van der Waals surface area contributed by atoms with Crippen LogP contribution >= 0.6 is 11.5 Å². The van der Waals surface area contributed by atoms with Crippen LogP contribution in [0.1, 0.15) is 13.8 Å². The summed E-state index contributed by atoms with van der Waals surface area (Å²) in [5, 5.41) is 1.11. The Morgan fingerprint density at radius 2 is 2.00 bits per heavy atom. The van der Waals surface area contributed by atoms with Crippen molar-refractivity contribution in [2.75, 3.05) is 30.9 Å². The largest absolute Gasteiger partial charge is 0.383 e. The number of anilines is 2. The molecular weight excluding hydrogens is 270 g/mol. The van der Waals surface area contributed by atoms with Gasteiger partial charge in [0.15, 0.2) is 0 Å². The van der Waals surface area contributed by atoms with E-state index in [-0.39, 0.29) is 0 Å². The van der Waals surface area contributed by atoms with Crippen molar-refractivity contribution in [2.24, 2.45) is 0 Å². The van der Waals surface area contributed by atoms with E-state index in [0.29, 0.717) is 18.5 Å². The van der Waals surface area contributed by atoms with Gasteiger partial charge < -0.3 is 15.4 Å². The third-order valence-electron chi connectivity index (χ3n) is 3.18. The highest BCUT2D eigenvalue weighted by molar-refractivity contribution is 7.11. The van der Waals surface area contributed by atoms with E-state index in [1.54, 1.807) is 7.11 Å². The summed E-state index contributed by atoms with van der Waals surface area (Å²) in [6.45, 7) is 5.85. The SMILES string of the molecule is COCCN(c1snc(N)c1-c1ccccc1)C(C)C. The number of nitrogens with two attached hydrogens (primary N) is 1. The van der Waals surface area contributed by atoms with Crippen molar-refractivity contribution in [3.8, 4) is 11.1 Å². The minimum atomic E-state index is 0.368. The Balaban J connectivity index is 2.41. The molecule has 0 aliphatic carbocycles. The van der Waals surface area contributed by atoms with Crippen LogP contribution in [-0.4, -0.2) is 30.7 Å². The van der Waals surface area contributed by atoms with Gasteiger partial charge >= 0.3 is 0 Å². The zero-order chi connectivity index (χ0) is 14.5. The maximum Gasteiger partial charge on any atom is 0.147 e. The lowest BCUT2D eigenvalue weighted by Crippen LogP contribution is -2.33. The summed E-state index contributed by atoms with van der Waals surface area (Å²) in [5.74, 6) is 0.597. The minimum absolute atomic E-state index is 0.368. The molecule has 0 saturated carbocycles. The van der Waals surface area contributed by atoms with Gasteiger partial charge in [0.05, 0.1) is 12.2 Å². The first-order valence-corrected chi connectivity index (χ1v) is 7.48. The molecular formula is C15H21N3OS. The minimum Gasteiger partial charge on any atom is -0.383 e. The van der Waals surface area contributed by atoms with Gasteiger partial charge in [-0.05, 0) is 30.9 Å². The number of aromatic nitrogens is 1. The number of nitrogens with zero attached hydrogens (tertiary/aromatic N) is 2. The number of nitrogen functional groups attached to an aromatic ring is 1. The third kappa shape index (κ3) is 3.11. The van der Waals surface area contributed by atoms with Crippen molar-refractivity contribution < 1.29 is 4.74 Å². The van der Waals surface area contributed by atoms with Crippen LogP contribution in [0.4, 0.5) is 10.8 Å². The molecule has 0 amide bonds. The highest BCUT2D eigenvalue weighted by Gasteiger charge is 2.20. The van der Waals surface area contributed by atoms with Crippen LogP contribution < -0.4 is 10.6 Å². The first kappa shape index (κ1) is 14.8. The fourth-order valence-electron chi connectivity index (χ4n) is 2.15. The van der Waals surface area contributed by atoms with Gasteiger partial charge in [-0.15, -0.1) is 0 Å². The number of hydrogen-bond acceptors (Lipinski definition) is 5. The molecule has 20 heavy (non-hydrogen) atoms. The first-order valence-electron chi connectivity index (χ1n) is 6.71. The number of hydrogen-bond donors (Lipinski definition) is 1. The van der Waals surface area contributed by atoms with Crippen LogP contribution in [-0.2, 0) is 4.74 Å². The van der Waals surface area contributed by atoms with Gasteiger partial charge in [0.25, 0.3) is 0 Å². The molecule has 1 aromatic heterocycles. The molecule has 0 bridgehead atoms. The van der Waals surface area contributed by atoms with Crippen LogP contribution in [0.15, 0.2) is 30.3 Å². The quantitative estimate of drug-likeness (QED) is 0.887. The molecule has 2 N–H and O–H groups in total. The van der Waals surface area contributed by atoms with Gasteiger partial charge in [0.2, 0.25) is 0 Å². The zero-order valence-corrected chi connectivity index (χ0v) is 13.0. The summed E-state index contributed by atoms with van der Waals surface area (Å²) in [6, 6.07) is 10.5. The summed E-state index contributed by atoms with van der Waals surface area (Å²) < 4.78 is 9.55. The fourth-order valence-corrected chi connectivity index (χ4v) is 3.15. The predicted molar refractivity (Wildman–Crippen MR) is 86.3 cm³/mol. The van der Waals surface area contributed by atoms with Gasteiger partial charge in [-0.1, -0.05) is 30.3 Å². The van der Waals surface area contributed by atoms with Crippen molar-refractivity contribution >= 4 is 22.4 Å². The average Bonchev–Trinajstić information content (AvgIpc) is 2.82. The summed E-state index contributed by atoms with van der Waals surface area (Å²) in [5.41, 5.74) is 8.22. The van der Waals surface area contributed by atoms with Crippen molar-refractivity contribution in [3.05, 3.63) is 30.3 Å². The first-order chi connectivity index (χ1) is 9.65. The lowest BCUT2D eigenvalue weighted by molar-refractivity contribution is 0.204. The van der Waals surface area contributed by atoms with Gasteiger partial charge in [-0.25, -0.2) is 0 Å². The Morgan fingerprint density at radius 3 is 2.60 bits per heavy atom. The highest BCUT2D eigenvalue weighted by Crippen LogP contribution is 2.39. The maximum atomic E-state index is 6.08. The second-order valence-corrected chi connectivity index (χ2v) is 5.65. The van der Waals surface area contributed by atoms with Gasteiger partial charge in [-0.3, -0.25) is 0 Å². The smallest absolute Gasteiger partial charge is 0.147 e. The molecule has 1 aromatic carbocycles. The number of methoxy groups -OCH3 is 1. The van der Waals surface area contributed by atoms with E-state index in [4.69, 9.17) is 10.5 Å². The lowest BCUT2D eigenvalue weighted by atomic mass is 10.1. The fraction of sp³-hybridized carbons (Fsp3) is 0.400. The monoisotopic (exact) mass is 291 g/mol. The predicted octanol–water partition coefficient (Wildman–Crippen LogP) is 3.25. The second kappa shape index (κ2) is 6.72. The molecule has 0 aliphatic heterocycles. The molecule has 0 unspecified atom stereocenters. The van der Waals surface area contributed by atoms with E-state index >= 15 is 0 Å². The van der Waals surface area contributed by atoms with Gasteiger partial charge in [0.1, 0.15) is 10.8 Å². The molecule has 0 fully saturated rings. The van der Waals surface area contributed by atoms with Crippen LogP contribution in [0.5, 0.6) is 0 Å². The van der Waals surface area contributed by atoms with Crippen LogP contribution in [0, 0.1) is 0 Å². The van der Waals surface area contributed by atoms with E-state index in [0.717, 1.165) is 22.7 Å². The van der Waals surface area contributed by atoms with E-state index in [9.17, 15) is 0 Å². The molecule has 5 heteroatoms. The Hall–Kier alpha value is -1.59. The van der Waals surface area contributed by atoms with E-state index in [2.05, 4.69) is 35.3 Å². The summed E-state index contributed by atoms with van der Waals surface area (Å²) in [6.07, 6.45) is 0. The molecule has 2 aromatic rings. The van der Waals surface area contributed by atoms with E-state index in [1.807, 2.05) is 18.2 Å². The molecule has 0 saturated heterocycles. The molecule has 108 valence electrons. The van der Waals surface area contributed by atoms with E-state index < -0.39 is 0 Å². The Bertz CT molecular complexity index is 539. The second-order valence-electron chi connectivity index (χ2n) is 4.89. The molecule has 0 atom stereocenters. The standard InChI is InChI=1S/C15H21N3OS/c1-11(2)18(9-10-19-3)15-13(14(16)17-20-15)12-7-5-4-6-8-12/h4-8,11H,9-10H2,1-3H3,(H2,16,17). The van der Waals surface area contributed by atoms with Crippen LogP contribution in [0.3, 0.4) is 0 Å². The Morgan fingerprint density at radius 1 is 1.30 bits per heavy atom. The Labute approximate surface area is 124 Å². The number of rotatable bonds is 6. The Kier molecular flexibility index (Phi) is 4.98. The maximum absolute atomic E-state index is 6.08. The number of ether oxygens (including phenoxy) is 1. The average molecular weight is 291 g/mol. The van der Waals surface area contributed by atoms with Crippen molar-refractivity contribution in [1.82, 2.24) is 4.37 Å².